The molecule has 0 unspecified atom stereocenters. The van der Waals surface area contributed by atoms with Gasteiger partial charge in [-0.3, -0.25) is 9.59 Å². The number of hydrogen-bond donors (Lipinski definition) is 2. The van der Waals surface area contributed by atoms with Crippen LogP contribution < -0.4 is 21.9 Å². The van der Waals surface area contributed by atoms with Crippen LogP contribution in [0.1, 0.15) is 6.92 Å². The standard InChI is InChI=1S/C18H16BCl3N2O2/c1-12(25)15(17(23)26)16(18(20,21)22)24-19(13-8-4-2-5-9-13)14-10-6-3-7-11-14/h2-11,24H,1H3,(H2,23,26)/b16-15-. The second-order valence-corrected chi connectivity index (χ2v) is 7.85. The van der Waals surface area contributed by atoms with Crippen LogP contribution in [0.5, 0.6) is 0 Å². The first-order valence-electron chi connectivity index (χ1n) is 7.70. The molecule has 0 heterocycles. The van der Waals surface area contributed by atoms with Crippen LogP contribution in [-0.2, 0) is 9.59 Å². The maximum Gasteiger partial charge on any atom is 0.320 e. The van der Waals surface area contributed by atoms with Crippen LogP contribution >= 0.6 is 34.8 Å². The van der Waals surface area contributed by atoms with Crippen molar-refractivity contribution in [1.82, 2.24) is 5.23 Å². The highest BCUT2D eigenvalue weighted by molar-refractivity contribution is 6.84. The molecule has 3 N–H and O–H groups in total. The van der Waals surface area contributed by atoms with Crippen LogP contribution in [-0.4, -0.2) is 22.3 Å². The fraction of sp³-hybridized carbons (Fsp3) is 0.111. The molecule has 0 spiro atoms. The second kappa shape index (κ2) is 8.63. The SMILES string of the molecule is CC(=O)/C(C(N)=O)=C(/NB(c1ccccc1)c1ccccc1)C(Cl)(Cl)Cl. The van der Waals surface area contributed by atoms with Crippen molar-refractivity contribution in [3.63, 3.8) is 0 Å². The van der Waals surface area contributed by atoms with Gasteiger partial charge in [-0.2, -0.15) is 0 Å². The fourth-order valence-electron chi connectivity index (χ4n) is 2.56. The molecule has 134 valence electrons. The molecule has 1 amide bonds. The Balaban J connectivity index is 2.63. The maximum atomic E-state index is 12.0. The summed E-state index contributed by atoms with van der Waals surface area (Å²) in [5.41, 5.74) is 6.55. The molecule has 0 radical (unpaired) electrons. The van der Waals surface area contributed by atoms with Gasteiger partial charge >= 0.3 is 6.85 Å². The predicted molar refractivity (Wildman–Crippen MR) is 108 cm³/mol. The summed E-state index contributed by atoms with van der Waals surface area (Å²) in [7, 11) is 0. The van der Waals surface area contributed by atoms with Crippen LogP contribution in [0.4, 0.5) is 0 Å². The minimum absolute atomic E-state index is 0.153. The lowest BCUT2D eigenvalue weighted by Gasteiger charge is -2.25. The normalized spacial score (nSPS) is 12.2. The molecule has 8 heteroatoms. The summed E-state index contributed by atoms with van der Waals surface area (Å²) in [6.45, 7) is 0.731. The van der Waals surface area contributed by atoms with E-state index in [2.05, 4.69) is 5.23 Å². The molecule has 0 aliphatic carbocycles. The Bertz CT molecular complexity index is 766. The molecule has 0 bridgehead atoms. The van der Waals surface area contributed by atoms with Gasteiger partial charge in [0.15, 0.2) is 5.78 Å². The number of nitrogens with two attached hydrogens (primary N) is 1. The van der Waals surface area contributed by atoms with Crippen molar-refractivity contribution < 1.29 is 9.59 Å². The van der Waals surface area contributed by atoms with Gasteiger partial charge in [-0.15, -0.1) is 0 Å². The van der Waals surface area contributed by atoms with E-state index in [9.17, 15) is 9.59 Å². The molecule has 0 aliphatic heterocycles. The first kappa shape index (κ1) is 20.4. The number of carbonyl (C=O) groups excluding carboxylic acids is 2. The Morgan fingerprint density at radius 2 is 1.35 bits per heavy atom. The van der Waals surface area contributed by atoms with Gasteiger partial charge in [0.05, 0.1) is 5.70 Å². The first-order chi connectivity index (χ1) is 12.2. The van der Waals surface area contributed by atoms with E-state index < -0.39 is 22.3 Å². The zero-order valence-corrected chi connectivity index (χ0v) is 16.1. The zero-order chi connectivity index (χ0) is 19.3. The molecular formula is C18H16BCl3N2O2. The fourth-order valence-corrected chi connectivity index (χ4v) is 3.01. The van der Waals surface area contributed by atoms with E-state index >= 15 is 0 Å². The van der Waals surface area contributed by atoms with E-state index in [1.165, 1.54) is 6.92 Å². The molecule has 4 nitrogen and oxygen atoms in total. The molecule has 2 aromatic rings. The van der Waals surface area contributed by atoms with E-state index in [0.29, 0.717) is 0 Å². The average molecular weight is 410 g/mol. The highest BCUT2D eigenvalue weighted by atomic mass is 35.6. The Labute approximate surface area is 167 Å². The Morgan fingerprint density at radius 3 is 1.65 bits per heavy atom. The van der Waals surface area contributed by atoms with Gasteiger partial charge in [0.1, 0.15) is 5.57 Å². The third-order valence-electron chi connectivity index (χ3n) is 3.69. The first-order valence-corrected chi connectivity index (χ1v) is 8.84. The summed E-state index contributed by atoms with van der Waals surface area (Å²) in [4.78, 5) is 23.8. The van der Waals surface area contributed by atoms with Crippen molar-refractivity contribution in [3.05, 3.63) is 71.9 Å². The van der Waals surface area contributed by atoms with Gasteiger partial charge < -0.3 is 11.0 Å². The number of ketones is 1. The molecule has 2 aromatic carbocycles. The summed E-state index contributed by atoms with van der Waals surface area (Å²) in [6.07, 6.45) is 0. The van der Waals surface area contributed by atoms with Crippen molar-refractivity contribution in [1.29, 1.82) is 0 Å². The van der Waals surface area contributed by atoms with Crippen LogP contribution in [0.15, 0.2) is 71.9 Å². The molecular weight excluding hydrogens is 393 g/mol. The number of amides is 1. The Hall–Kier alpha value is -1.95. The van der Waals surface area contributed by atoms with Crippen molar-refractivity contribution >= 4 is 64.3 Å². The number of hydrogen-bond acceptors (Lipinski definition) is 3. The Morgan fingerprint density at radius 1 is 0.923 bits per heavy atom. The quantitative estimate of drug-likeness (QED) is 0.252. The van der Waals surface area contributed by atoms with Gasteiger partial charge in [0, 0.05) is 0 Å². The molecule has 0 saturated heterocycles. The monoisotopic (exact) mass is 408 g/mol. The number of allylic oxidation sites excluding steroid dienone is 1. The molecule has 2 rings (SSSR count). The number of alkyl halides is 3. The van der Waals surface area contributed by atoms with E-state index in [-0.39, 0.29) is 11.3 Å². The van der Waals surface area contributed by atoms with E-state index in [4.69, 9.17) is 40.5 Å². The lowest BCUT2D eigenvalue weighted by molar-refractivity contribution is -0.119. The number of primary amides is 1. The van der Waals surface area contributed by atoms with Crippen LogP contribution in [0.3, 0.4) is 0 Å². The largest absolute Gasteiger partial charge is 0.419 e. The minimum Gasteiger partial charge on any atom is -0.419 e. The smallest absolute Gasteiger partial charge is 0.320 e. The number of carbonyl (C=O) groups is 2. The highest BCUT2D eigenvalue weighted by Crippen LogP contribution is 2.35. The van der Waals surface area contributed by atoms with E-state index in [1.54, 1.807) is 0 Å². The number of rotatable bonds is 6. The average Bonchev–Trinajstić information content (AvgIpc) is 2.58. The van der Waals surface area contributed by atoms with Gasteiger partial charge in [-0.1, -0.05) is 106 Å². The van der Waals surface area contributed by atoms with Crippen molar-refractivity contribution in [2.24, 2.45) is 5.73 Å². The number of benzene rings is 2. The number of halogens is 3. The molecule has 0 atom stereocenters. The summed E-state index contributed by atoms with van der Waals surface area (Å²) in [5, 5.41) is 3.05. The highest BCUT2D eigenvalue weighted by Gasteiger charge is 2.36. The Kier molecular flexibility index (Phi) is 6.76. The topological polar surface area (TPSA) is 72.2 Å². The molecule has 0 aromatic heterocycles. The van der Waals surface area contributed by atoms with Crippen molar-refractivity contribution in [2.45, 2.75) is 10.7 Å². The van der Waals surface area contributed by atoms with Crippen LogP contribution in [0.25, 0.3) is 0 Å². The number of Topliss-reactive ketones (excluding diaryl/α,β-unsaturated/α-hetero) is 1. The van der Waals surface area contributed by atoms with Crippen molar-refractivity contribution in [2.75, 3.05) is 0 Å². The van der Waals surface area contributed by atoms with Gasteiger partial charge in [0.25, 0.3) is 5.91 Å². The van der Waals surface area contributed by atoms with Crippen LogP contribution in [0, 0.1) is 0 Å². The van der Waals surface area contributed by atoms with Gasteiger partial charge in [-0.05, 0) is 6.92 Å². The minimum atomic E-state index is -2.04. The van der Waals surface area contributed by atoms with E-state index in [0.717, 1.165) is 10.9 Å². The summed E-state index contributed by atoms with van der Waals surface area (Å²) >= 11 is 18.2. The lowest BCUT2D eigenvalue weighted by Crippen LogP contribution is -2.55. The molecule has 0 saturated carbocycles. The van der Waals surface area contributed by atoms with Gasteiger partial charge in [-0.25, -0.2) is 0 Å². The maximum absolute atomic E-state index is 12.0. The lowest BCUT2D eigenvalue weighted by atomic mass is 9.50. The predicted octanol–water partition coefficient (Wildman–Crippen LogP) is 2.08. The molecule has 0 aliphatic rings. The van der Waals surface area contributed by atoms with E-state index in [1.807, 2.05) is 60.7 Å². The van der Waals surface area contributed by atoms with Crippen molar-refractivity contribution in [3.8, 4) is 0 Å². The zero-order valence-electron chi connectivity index (χ0n) is 13.9. The third-order valence-corrected chi connectivity index (χ3v) is 4.25. The van der Waals surface area contributed by atoms with Gasteiger partial charge in [0.2, 0.25) is 3.79 Å². The summed E-state index contributed by atoms with van der Waals surface area (Å²) in [5.74, 6) is -1.56. The summed E-state index contributed by atoms with van der Waals surface area (Å²) < 4.78 is -2.04. The number of nitrogens with one attached hydrogen (secondary N) is 1. The second-order valence-electron chi connectivity index (χ2n) is 5.57. The third kappa shape index (κ3) is 5.04. The summed E-state index contributed by atoms with van der Waals surface area (Å²) in [6, 6.07) is 18.8. The molecule has 0 fully saturated rings. The van der Waals surface area contributed by atoms with Crippen LogP contribution in [0.2, 0.25) is 0 Å². The molecule has 26 heavy (non-hydrogen) atoms.